The van der Waals surface area contributed by atoms with Crippen LogP contribution in [0, 0.1) is 11.6 Å². The van der Waals surface area contributed by atoms with E-state index >= 15 is 0 Å². The summed E-state index contributed by atoms with van der Waals surface area (Å²) in [7, 11) is 0. The SMILES string of the molecule is CCCCCC[C@H](C)OC(=O)c1ccc(-c2ccc(OC(=O)c3ccc(OCCCOCC(F)(F)C(F)(F)C(F)(F)F)c(F)c3F)cc2)cc1. The van der Waals surface area contributed by atoms with Crippen LogP contribution >= 0.6 is 0 Å². The zero-order valence-corrected chi connectivity index (χ0v) is 27.1. The number of alkyl halides is 7. The zero-order valence-electron chi connectivity index (χ0n) is 27.1. The number of hydrogen-bond donors (Lipinski definition) is 0. The second kappa shape index (κ2) is 17.6. The van der Waals surface area contributed by atoms with Crippen molar-refractivity contribution in [2.75, 3.05) is 19.8 Å². The summed E-state index contributed by atoms with van der Waals surface area (Å²) in [6.07, 6.45) is -1.96. The van der Waals surface area contributed by atoms with E-state index in [2.05, 4.69) is 11.7 Å². The molecule has 3 aromatic carbocycles. The van der Waals surface area contributed by atoms with Gasteiger partial charge in [-0.1, -0.05) is 50.5 Å². The molecule has 0 heterocycles. The highest BCUT2D eigenvalue weighted by Crippen LogP contribution is 2.46. The van der Waals surface area contributed by atoms with Crippen molar-refractivity contribution in [1.29, 1.82) is 0 Å². The molecule has 0 radical (unpaired) electrons. The lowest BCUT2D eigenvalue weighted by Gasteiger charge is -2.27. The lowest BCUT2D eigenvalue weighted by Crippen LogP contribution is -2.54. The number of benzene rings is 3. The monoisotopic (exact) mass is 722 g/mol. The molecule has 3 aromatic rings. The fraction of sp³-hybridized carbons (Fsp3) is 0.429. The molecular weight excluding hydrogens is 687 g/mol. The zero-order chi connectivity index (χ0) is 37.1. The highest BCUT2D eigenvalue weighted by atomic mass is 19.4. The van der Waals surface area contributed by atoms with Gasteiger partial charge < -0.3 is 18.9 Å². The third kappa shape index (κ3) is 10.6. The summed E-state index contributed by atoms with van der Waals surface area (Å²) < 4.78 is 138. The number of halogens is 9. The smallest absolute Gasteiger partial charge is 0.459 e. The molecule has 0 aliphatic carbocycles. The molecule has 0 fully saturated rings. The van der Waals surface area contributed by atoms with Gasteiger partial charge in [0.15, 0.2) is 11.6 Å². The van der Waals surface area contributed by atoms with Crippen LogP contribution in [0.3, 0.4) is 0 Å². The Labute approximate surface area is 282 Å². The predicted octanol–water partition coefficient (Wildman–Crippen LogP) is 9.99. The number of hydrogen-bond acceptors (Lipinski definition) is 6. The lowest BCUT2D eigenvalue weighted by atomic mass is 10.0. The van der Waals surface area contributed by atoms with E-state index in [0.717, 1.165) is 49.8 Å². The van der Waals surface area contributed by atoms with Gasteiger partial charge in [0.2, 0.25) is 5.82 Å². The molecule has 274 valence electrons. The van der Waals surface area contributed by atoms with Crippen molar-refractivity contribution in [2.24, 2.45) is 0 Å². The quantitative estimate of drug-likeness (QED) is 0.0564. The van der Waals surface area contributed by atoms with E-state index < -0.39 is 72.7 Å². The molecule has 0 bridgehead atoms. The fourth-order valence-electron chi connectivity index (χ4n) is 4.49. The second-order valence-electron chi connectivity index (χ2n) is 11.3. The highest BCUT2D eigenvalue weighted by molar-refractivity contribution is 5.92. The van der Waals surface area contributed by atoms with Gasteiger partial charge in [-0.05, 0) is 67.3 Å². The molecule has 0 aliphatic heterocycles. The van der Waals surface area contributed by atoms with Crippen molar-refractivity contribution in [1.82, 2.24) is 0 Å². The number of carbonyl (C=O) groups is 2. The maximum atomic E-state index is 14.7. The minimum atomic E-state index is -6.49. The number of rotatable bonds is 18. The van der Waals surface area contributed by atoms with Crippen LogP contribution in [-0.2, 0) is 9.47 Å². The summed E-state index contributed by atoms with van der Waals surface area (Å²) >= 11 is 0. The predicted molar refractivity (Wildman–Crippen MR) is 164 cm³/mol. The molecule has 0 aliphatic rings. The molecule has 0 spiro atoms. The maximum Gasteiger partial charge on any atom is 0.459 e. The first-order valence-corrected chi connectivity index (χ1v) is 15.6. The average Bonchev–Trinajstić information content (AvgIpc) is 3.06. The number of ether oxygens (including phenoxy) is 4. The fourth-order valence-corrected chi connectivity index (χ4v) is 4.49. The largest absolute Gasteiger partial charge is 0.490 e. The van der Waals surface area contributed by atoms with Crippen LogP contribution in [0.25, 0.3) is 11.1 Å². The van der Waals surface area contributed by atoms with Crippen LogP contribution in [0.2, 0.25) is 0 Å². The van der Waals surface area contributed by atoms with Crippen molar-refractivity contribution < 1.29 is 68.1 Å². The normalized spacial score (nSPS) is 12.8. The number of unbranched alkanes of at least 4 members (excludes halogenated alkanes) is 3. The molecule has 50 heavy (non-hydrogen) atoms. The molecule has 0 amide bonds. The standard InChI is InChI=1S/C35H35F9O6/c1-3-4-5-6-8-22(2)49-31(45)25-11-9-23(10-12-25)24-13-15-26(16-14-24)50-32(46)27-17-18-28(30(37)29(27)36)48-20-7-19-47-21-33(38,39)34(40,41)35(42,43)44/h9-18,22H,3-8,19-21H2,1-2H3/t22-/m0/s1. The van der Waals surface area contributed by atoms with E-state index in [4.69, 9.17) is 14.2 Å². The first-order chi connectivity index (χ1) is 23.5. The van der Waals surface area contributed by atoms with Gasteiger partial charge in [-0.3, -0.25) is 0 Å². The van der Waals surface area contributed by atoms with Crippen LogP contribution in [-0.4, -0.2) is 55.9 Å². The molecule has 0 saturated carbocycles. The molecular formula is C35H35F9O6. The summed E-state index contributed by atoms with van der Waals surface area (Å²) in [5.74, 6) is -17.4. The maximum absolute atomic E-state index is 14.7. The molecule has 0 saturated heterocycles. The van der Waals surface area contributed by atoms with E-state index in [1.807, 2.05) is 6.92 Å². The molecule has 1 atom stereocenters. The lowest BCUT2D eigenvalue weighted by molar-refractivity contribution is -0.361. The van der Waals surface area contributed by atoms with Gasteiger partial charge in [0.25, 0.3) is 0 Å². The van der Waals surface area contributed by atoms with E-state index in [1.54, 1.807) is 36.4 Å². The Bertz CT molecular complexity index is 1560. The van der Waals surface area contributed by atoms with Gasteiger partial charge in [0.1, 0.15) is 12.4 Å². The third-order valence-corrected chi connectivity index (χ3v) is 7.35. The van der Waals surface area contributed by atoms with Crippen LogP contribution < -0.4 is 9.47 Å². The van der Waals surface area contributed by atoms with Crippen molar-refractivity contribution >= 4 is 11.9 Å². The van der Waals surface area contributed by atoms with E-state index in [1.165, 1.54) is 12.1 Å². The Balaban J connectivity index is 1.49. The van der Waals surface area contributed by atoms with Gasteiger partial charge >= 0.3 is 30.0 Å². The van der Waals surface area contributed by atoms with Crippen LogP contribution in [0.15, 0.2) is 60.7 Å². The molecule has 15 heteroatoms. The van der Waals surface area contributed by atoms with Crippen molar-refractivity contribution in [3.63, 3.8) is 0 Å². The van der Waals surface area contributed by atoms with Gasteiger partial charge in [0, 0.05) is 6.42 Å². The molecule has 0 N–H and O–H groups in total. The average molecular weight is 723 g/mol. The third-order valence-electron chi connectivity index (χ3n) is 7.35. The Morgan fingerprint density at radius 2 is 1.34 bits per heavy atom. The van der Waals surface area contributed by atoms with Crippen LogP contribution in [0.1, 0.15) is 73.1 Å². The Hall–Kier alpha value is -4.27. The first-order valence-electron chi connectivity index (χ1n) is 15.6. The van der Waals surface area contributed by atoms with Crippen LogP contribution in [0.4, 0.5) is 39.5 Å². The van der Waals surface area contributed by atoms with E-state index in [9.17, 15) is 49.1 Å². The van der Waals surface area contributed by atoms with Crippen molar-refractivity contribution in [3.05, 3.63) is 83.4 Å². The Morgan fingerprint density at radius 3 is 1.94 bits per heavy atom. The Morgan fingerprint density at radius 1 is 0.720 bits per heavy atom. The molecule has 0 unspecified atom stereocenters. The number of esters is 2. The minimum absolute atomic E-state index is 0.00517. The summed E-state index contributed by atoms with van der Waals surface area (Å²) in [6, 6.07) is 14.5. The van der Waals surface area contributed by atoms with E-state index in [0.29, 0.717) is 11.1 Å². The van der Waals surface area contributed by atoms with Crippen molar-refractivity contribution in [3.8, 4) is 22.6 Å². The van der Waals surface area contributed by atoms with Gasteiger partial charge in [0.05, 0.1) is 30.4 Å². The molecule has 0 aromatic heterocycles. The summed E-state index contributed by atoms with van der Waals surface area (Å²) in [4.78, 5) is 25.0. The topological polar surface area (TPSA) is 71.1 Å². The van der Waals surface area contributed by atoms with Crippen LogP contribution in [0.5, 0.6) is 11.5 Å². The van der Waals surface area contributed by atoms with Gasteiger partial charge in [-0.25, -0.2) is 14.0 Å². The van der Waals surface area contributed by atoms with E-state index in [-0.39, 0.29) is 18.3 Å². The van der Waals surface area contributed by atoms with Crippen molar-refractivity contribution in [2.45, 2.75) is 76.5 Å². The minimum Gasteiger partial charge on any atom is -0.490 e. The second-order valence-corrected chi connectivity index (χ2v) is 11.3. The Kier molecular flexibility index (Phi) is 14.1. The first kappa shape index (κ1) is 40.2. The van der Waals surface area contributed by atoms with Gasteiger partial charge in [-0.2, -0.15) is 35.1 Å². The summed E-state index contributed by atoms with van der Waals surface area (Å²) in [6.45, 7) is 0.436. The summed E-state index contributed by atoms with van der Waals surface area (Å²) in [5.41, 5.74) is 1.04. The molecule has 3 rings (SSSR count). The highest BCUT2D eigenvalue weighted by Gasteiger charge is 2.73. The summed E-state index contributed by atoms with van der Waals surface area (Å²) in [5, 5.41) is 0. The number of carbonyl (C=O) groups excluding carboxylic acids is 2. The molecule has 6 nitrogen and oxygen atoms in total. The van der Waals surface area contributed by atoms with Gasteiger partial charge in [-0.15, -0.1) is 0 Å².